The lowest BCUT2D eigenvalue weighted by Gasteiger charge is -2.33. The van der Waals surface area contributed by atoms with Crippen molar-refractivity contribution in [2.45, 2.75) is 38.3 Å². The number of nitrogens with zero attached hydrogens (tertiary/aromatic N) is 1. The highest BCUT2D eigenvalue weighted by molar-refractivity contribution is 5.87. The molecule has 0 unspecified atom stereocenters. The van der Waals surface area contributed by atoms with Crippen LogP contribution < -0.4 is 15.5 Å². The van der Waals surface area contributed by atoms with Crippen molar-refractivity contribution >= 4 is 17.3 Å². The predicted molar refractivity (Wildman–Crippen MR) is 88.3 cm³/mol. The summed E-state index contributed by atoms with van der Waals surface area (Å²) in [6, 6.07) is 5.81. The Morgan fingerprint density at radius 2 is 2.18 bits per heavy atom. The third-order valence-corrected chi connectivity index (χ3v) is 4.86. The molecule has 1 amide bonds. The molecule has 2 heterocycles. The number of carbonyl (C=O) groups is 1. The molecule has 120 valence electrons. The van der Waals surface area contributed by atoms with Crippen LogP contribution in [0.1, 0.15) is 31.7 Å². The average molecular weight is 303 g/mol. The number of hydrogen-bond donors (Lipinski definition) is 3. The number of anilines is 2. The van der Waals surface area contributed by atoms with Crippen molar-refractivity contribution in [1.82, 2.24) is 5.32 Å². The molecule has 0 spiro atoms. The maximum absolute atomic E-state index is 12.7. The van der Waals surface area contributed by atoms with Crippen LogP contribution in [-0.4, -0.2) is 43.3 Å². The summed E-state index contributed by atoms with van der Waals surface area (Å²) < 4.78 is 0. The third kappa shape index (κ3) is 2.43. The van der Waals surface area contributed by atoms with E-state index in [1.807, 2.05) is 13.1 Å². The molecule has 0 bridgehead atoms. The largest absolute Gasteiger partial charge is 0.394 e. The van der Waals surface area contributed by atoms with Gasteiger partial charge in [-0.3, -0.25) is 4.79 Å². The zero-order chi connectivity index (χ0) is 15.9. The Kier molecular flexibility index (Phi) is 4.00. The first kappa shape index (κ1) is 15.2. The fourth-order valence-electron chi connectivity index (χ4n) is 3.86. The van der Waals surface area contributed by atoms with Crippen molar-refractivity contribution in [1.29, 1.82) is 0 Å². The Bertz CT molecular complexity index is 573. The number of hydrogen-bond acceptors (Lipinski definition) is 4. The van der Waals surface area contributed by atoms with Gasteiger partial charge < -0.3 is 20.6 Å². The van der Waals surface area contributed by atoms with Gasteiger partial charge in [0.1, 0.15) is 6.04 Å². The molecule has 0 aliphatic carbocycles. The Morgan fingerprint density at radius 3 is 2.86 bits per heavy atom. The van der Waals surface area contributed by atoms with Gasteiger partial charge in [-0.1, -0.05) is 19.9 Å². The lowest BCUT2D eigenvalue weighted by Crippen LogP contribution is -2.51. The van der Waals surface area contributed by atoms with Gasteiger partial charge in [-0.05, 0) is 24.5 Å². The Morgan fingerprint density at radius 1 is 1.41 bits per heavy atom. The molecule has 0 saturated heterocycles. The normalized spacial score (nSPS) is 27.6. The summed E-state index contributed by atoms with van der Waals surface area (Å²) in [5.41, 5.74) is 3.56. The van der Waals surface area contributed by atoms with Crippen molar-refractivity contribution in [3.05, 3.63) is 23.8 Å². The number of amides is 1. The van der Waals surface area contributed by atoms with Gasteiger partial charge in [-0.25, -0.2) is 0 Å². The molecule has 0 saturated carbocycles. The molecule has 5 nitrogen and oxygen atoms in total. The van der Waals surface area contributed by atoms with Crippen molar-refractivity contribution < 1.29 is 9.90 Å². The van der Waals surface area contributed by atoms with E-state index in [-0.39, 0.29) is 30.5 Å². The second-order valence-electron chi connectivity index (χ2n) is 6.74. The average Bonchev–Trinajstić information content (AvgIpc) is 2.89. The molecule has 1 aromatic rings. The molecule has 3 atom stereocenters. The molecule has 3 N–H and O–H groups in total. The van der Waals surface area contributed by atoms with E-state index in [1.54, 1.807) is 0 Å². The molecule has 1 aromatic carbocycles. The lowest BCUT2D eigenvalue weighted by molar-refractivity contribution is -0.124. The first-order chi connectivity index (χ1) is 10.5. The van der Waals surface area contributed by atoms with E-state index in [9.17, 15) is 9.90 Å². The second-order valence-corrected chi connectivity index (χ2v) is 6.74. The number of carbonyl (C=O) groups excluding carboxylic acids is 1. The monoisotopic (exact) mass is 303 g/mol. The van der Waals surface area contributed by atoms with E-state index < -0.39 is 0 Å². The molecule has 0 fully saturated rings. The number of aliphatic hydroxyl groups is 1. The topological polar surface area (TPSA) is 64.6 Å². The van der Waals surface area contributed by atoms with Gasteiger partial charge in [-0.2, -0.15) is 0 Å². The van der Waals surface area contributed by atoms with Crippen molar-refractivity contribution in [2.75, 3.05) is 30.4 Å². The Labute approximate surface area is 131 Å². The second kappa shape index (κ2) is 5.80. The molecule has 0 radical (unpaired) electrons. The molecular weight excluding hydrogens is 278 g/mol. The third-order valence-electron chi connectivity index (χ3n) is 4.86. The van der Waals surface area contributed by atoms with E-state index in [2.05, 4.69) is 41.5 Å². The van der Waals surface area contributed by atoms with Crippen LogP contribution in [0.5, 0.6) is 0 Å². The maximum Gasteiger partial charge on any atom is 0.243 e. The van der Waals surface area contributed by atoms with E-state index in [1.165, 1.54) is 5.56 Å². The molecule has 2 aliphatic rings. The summed E-state index contributed by atoms with van der Waals surface area (Å²) in [7, 11) is 1.99. The standard InChI is InChI=1S/C17H25N3O2/c1-10(2)16-17(22)19-12(9-21)7-11-8-18-13-5-4-6-14(15(11)13)20(16)3/h4-6,10-12,16,18,21H,7-9H2,1-3H3,(H,19,22)/t11-,12+,16+/m1/s1. The Balaban J connectivity index is 2.11. The van der Waals surface area contributed by atoms with Crippen molar-refractivity contribution in [2.24, 2.45) is 5.92 Å². The highest BCUT2D eigenvalue weighted by Crippen LogP contribution is 2.42. The van der Waals surface area contributed by atoms with Crippen LogP contribution >= 0.6 is 0 Å². The molecule has 0 aromatic heterocycles. The van der Waals surface area contributed by atoms with Crippen LogP contribution in [0.4, 0.5) is 11.4 Å². The van der Waals surface area contributed by atoms with Crippen LogP contribution in [0, 0.1) is 5.92 Å². The zero-order valence-electron chi connectivity index (χ0n) is 13.5. The molecule has 5 heteroatoms. The minimum atomic E-state index is -0.236. The van der Waals surface area contributed by atoms with E-state index in [0.29, 0.717) is 5.92 Å². The number of likely N-dealkylation sites (N-methyl/N-ethyl adjacent to an activating group) is 1. The fraction of sp³-hybridized carbons (Fsp3) is 0.588. The highest BCUT2D eigenvalue weighted by Gasteiger charge is 2.36. The van der Waals surface area contributed by atoms with Crippen LogP contribution in [0.2, 0.25) is 0 Å². The lowest BCUT2D eigenvalue weighted by atomic mass is 9.92. The molecule has 3 rings (SSSR count). The summed E-state index contributed by atoms with van der Waals surface area (Å²) in [5, 5.41) is 16.1. The van der Waals surface area contributed by atoms with E-state index >= 15 is 0 Å². The number of nitrogens with one attached hydrogen (secondary N) is 2. The maximum atomic E-state index is 12.7. The van der Waals surface area contributed by atoms with E-state index in [4.69, 9.17) is 0 Å². The zero-order valence-corrected chi connectivity index (χ0v) is 13.5. The summed E-state index contributed by atoms with van der Waals surface area (Å²) in [6.07, 6.45) is 0.762. The van der Waals surface area contributed by atoms with E-state index in [0.717, 1.165) is 24.3 Å². The molecule has 2 aliphatic heterocycles. The van der Waals surface area contributed by atoms with Gasteiger partial charge >= 0.3 is 0 Å². The number of rotatable bonds is 2. The SMILES string of the molecule is CC(C)[C@H]1C(=O)N[C@H](CO)C[C@@H]2CNc3cccc(c32)N1C. The fourth-order valence-corrected chi connectivity index (χ4v) is 3.86. The highest BCUT2D eigenvalue weighted by atomic mass is 16.3. The minimum Gasteiger partial charge on any atom is -0.394 e. The van der Waals surface area contributed by atoms with Crippen molar-refractivity contribution in [3.8, 4) is 0 Å². The number of aliphatic hydroxyl groups excluding tert-OH is 1. The van der Waals surface area contributed by atoms with Gasteiger partial charge in [0.05, 0.1) is 12.6 Å². The summed E-state index contributed by atoms with van der Waals surface area (Å²) in [5.74, 6) is 0.505. The smallest absolute Gasteiger partial charge is 0.243 e. The quantitative estimate of drug-likeness (QED) is 0.775. The molecular formula is C17H25N3O2. The summed E-state index contributed by atoms with van der Waals surface area (Å²) in [4.78, 5) is 14.8. The summed E-state index contributed by atoms with van der Waals surface area (Å²) in [6.45, 7) is 4.96. The predicted octanol–water partition coefficient (Wildman–Crippen LogP) is 1.54. The Hall–Kier alpha value is -1.75. The van der Waals surface area contributed by atoms with Crippen LogP contribution in [0.15, 0.2) is 18.2 Å². The van der Waals surface area contributed by atoms with Crippen LogP contribution in [0.3, 0.4) is 0 Å². The van der Waals surface area contributed by atoms with Crippen LogP contribution in [0.25, 0.3) is 0 Å². The van der Waals surface area contributed by atoms with Gasteiger partial charge in [-0.15, -0.1) is 0 Å². The summed E-state index contributed by atoms with van der Waals surface area (Å²) >= 11 is 0. The minimum absolute atomic E-state index is 0.00193. The van der Waals surface area contributed by atoms with Gasteiger partial charge in [0.25, 0.3) is 0 Å². The van der Waals surface area contributed by atoms with Gasteiger partial charge in [0.15, 0.2) is 0 Å². The van der Waals surface area contributed by atoms with Crippen molar-refractivity contribution in [3.63, 3.8) is 0 Å². The number of benzene rings is 1. The van der Waals surface area contributed by atoms with Gasteiger partial charge in [0, 0.05) is 36.4 Å². The van der Waals surface area contributed by atoms with Crippen LogP contribution in [-0.2, 0) is 4.79 Å². The van der Waals surface area contributed by atoms with Gasteiger partial charge in [0.2, 0.25) is 5.91 Å². The molecule has 22 heavy (non-hydrogen) atoms. The first-order valence-corrected chi connectivity index (χ1v) is 8.03. The first-order valence-electron chi connectivity index (χ1n) is 8.03.